The summed E-state index contributed by atoms with van der Waals surface area (Å²) < 4.78 is 11.6. The summed E-state index contributed by atoms with van der Waals surface area (Å²) in [4.78, 5) is 74.3. The lowest BCUT2D eigenvalue weighted by Gasteiger charge is -2.50. The monoisotopic (exact) mass is 967 g/mol. The van der Waals surface area contributed by atoms with Crippen LogP contribution in [0.1, 0.15) is 45.8 Å². The number of imide groups is 2. The van der Waals surface area contributed by atoms with Crippen molar-refractivity contribution in [3.8, 4) is 17.2 Å². The van der Waals surface area contributed by atoms with E-state index in [0.29, 0.717) is 42.3 Å². The summed E-state index contributed by atoms with van der Waals surface area (Å²) >= 11 is 14.8. The van der Waals surface area contributed by atoms with E-state index in [1.165, 1.54) is 25.2 Å². The molecule has 4 aliphatic rings. The van der Waals surface area contributed by atoms with E-state index >= 15 is 9.59 Å². The zero-order valence-corrected chi connectivity index (χ0v) is 36.3. The second kappa shape index (κ2) is 15.6. The number of nitrogens with zero attached hydrogens (tertiary/aromatic N) is 2. The Labute approximate surface area is 374 Å². The van der Waals surface area contributed by atoms with Crippen molar-refractivity contribution in [2.75, 3.05) is 24.5 Å². The SMILES string of the molecule is COc1ccc(C23C(=O)N(Nc4ccc(Cl)cc4Cl)C(=O)C2CC2C(=CCC4C(=O)N(c5ccc(C(=O)c6ccccc6)cc5)C(=O)C42)C3c2cc(I)c(O)c(OC)c2)cc1. The maximum absolute atomic E-state index is 15.6. The number of benzene rings is 5. The van der Waals surface area contributed by atoms with Gasteiger partial charge in [-0.1, -0.05) is 77.3 Å². The summed E-state index contributed by atoms with van der Waals surface area (Å²) in [5.74, 6) is -5.74. The predicted molar refractivity (Wildman–Crippen MR) is 237 cm³/mol. The summed E-state index contributed by atoms with van der Waals surface area (Å²) in [7, 11) is 2.96. The Morgan fingerprint density at radius 3 is 2.20 bits per heavy atom. The molecular weight excluding hydrogens is 932 g/mol. The van der Waals surface area contributed by atoms with E-state index in [-0.39, 0.29) is 46.7 Å². The third-order valence-electron chi connectivity index (χ3n) is 12.6. The zero-order chi connectivity index (χ0) is 42.9. The number of methoxy groups -OCH3 is 2. The second-order valence-corrected chi connectivity index (χ2v) is 17.5. The van der Waals surface area contributed by atoms with E-state index in [1.807, 2.05) is 34.7 Å². The minimum atomic E-state index is -1.61. The first kappa shape index (κ1) is 40.7. The van der Waals surface area contributed by atoms with Crippen molar-refractivity contribution in [2.24, 2.45) is 23.7 Å². The Hall–Kier alpha value is -5.70. The topological polar surface area (TPSA) is 143 Å². The summed E-state index contributed by atoms with van der Waals surface area (Å²) in [5, 5.41) is 12.6. The van der Waals surface area contributed by atoms with Gasteiger partial charge in [-0.2, -0.15) is 5.01 Å². The van der Waals surface area contributed by atoms with E-state index in [4.69, 9.17) is 32.7 Å². The van der Waals surface area contributed by atoms with E-state index in [2.05, 4.69) is 5.43 Å². The van der Waals surface area contributed by atoms with Crippen LogP contribution in [0, 0.1) is 27.2 Å². The number of rotatable bonds is 9. The minimum Gasteiger partial charge on any atom is -0.504 e. The first-order chi connectivity index (χ1) is 29.4. The largest absolute Gasteiger partial charge is 0.504 e. The number of halogens is 3. The van der Waals surface area contributed by atoms with Gasteiger partial charge in [0.2, 0.25) is 11.8 Å². The molecule has 2 saturated heterocycles. The van der Waals surface area contributed by atoms with Gasteiger partial charge in [0, 0.05) is 22.1 Å². The van der Waals surface area contributed by atoms with Crippen molar-refractivity contribution >= 4 is 86.6 Å². The number of nitrogens with one attached hydrogen (secondary N) is 1. The summed E-state index contributed by atoms with van der Waals surface area (Å²) in [6, 6.07) is 30.3. The molecule has 61 heavy (non-hydrogen) atoms. The Morgan fingerprint density at radius 2 is 1.52 bits per heavy atom. The molecular formula is C47H36Cl2IN3O8. The highest BCUT2D eigenvalue weighted by Crippen LogP contribution is 2.65. The smallest absolute Gasteiger partial charge is 0.260 e. The first-order valence-corrected chi connectivity index (χ1v) is 21.3. The van der Waals surface area contributed by atoms with Crippen LogP contribution in [0.4, 0.5) is 11.4 Å². The first-order valence-electron chi connectivity index (χ1n) is 19.5. The number of carbonyl (C=O) groups excluding carboxylic acids is 5. The van der Waals surface area contributed by atoms with Crippen LogP contribution in [0.5, 0.6) is 17.2 Å². The van der Waals surface area contributed by atoms with Crippen LogP contribution in [0.2, 0.25) is 10.0 Å². The summed E-state index contributed by atoms with van der Waals surface area (Å²) in [5.41, 5.74) is 4.72. The Morgan fingerprint density at radius 1 is 0.820 bits per heavy atom. The highest BCUT2D eigenvalue weighted by Gasteiger charge is 2.70. The van der Waals surface area contributed by atoms with Gasteiger partial charge in [-0.25, -0.2) is 0 Å². The molecule has 2 aliphatic carbocycles. The molecule has 11 nitrogen and oxygen atoms in total. The average Bonchev–Trinajstić information content (AvgIpc) is 3.65. The molecule has 0 radical (unpaired) electrons. The lowest BCUT2D eigenvalue weighted by Crippen LogP contribution is -2.53. The number of phenols is 1. The molecule has 6 atom stereocenters. The van der Waals surface area contributed by atoms with Crippen molar-refractivity contribution in [3.63, 3.8) is 0 Å². The number of aromatic hydroxyl groups is 1. The molecule has 14 heteroatoms. The predicted octanol–water partition coefficient (Wildman–Crippen LogP) is 8.74. The fourth-order valence-corrected chi connectivity index (χ4v) is 11.0. The second-order valence-electron chi connectivity index (χ2n) is 15.5. The molecule has 0 aromatic heterocycles. The molecule has 2 heterocycles. The fraction of sp³-hybridized carbons (Fsp3) is 0.213. The van der Waals surface area contributed by atoms with Gasteiger partial charge in [0.25, 0.3) is 11.8 Å². The zero-order valence-electron chi connectivity index (χ0n) is 32.6. The van der Waals surface area contributed by atoms with Gasteiger partial charge in [0.1, 0.15) is 5.75 Å². The van der Waals surface area contributed by atoms with Gasteiger partial charge in [-0.3, -0.25) is 34.3 Å². The van der Waals surface area contributed by atoms with E-state index in [1.54, 1.807) is 97.1 Å². The molecule has 9 rings (SSSR count). The van der Waals surface area contributed by atoms with Gasteiger partial charge in [0.05, 0.1) is 57.4 Å². The van der Waals surface area contributed by atoms with Crippen LogP contribution in [-0.4, -0.2) is 53.7 Å². The van der Waals surface area contributed by atoms with Crippen LogP contribution in [-0.2, 0) is 24.6 Å². The molecule has 2 N–H and O–H groups in total. The van der Waals surface area contributed by atoms with Crippen molar-refractivity contribution in [2.45, 2.75) is 24.2 Å². The van der Waals surface area contributed by atoms with Crippen LogP contribution < -0.4 is 19.8 Å². The number of amides is 4. The maximum Gasteiger partial charge on any atom is 0.260 e. The van der Waals surface area contributed by atoms with Gasteiger partial charge < -0.3 is 14.6 Å². The Balaban J connectivity index is 1.18. The lowest BCUT2D eigenvalue weighted by atomic mass is 9.49. The number of carbonyl (C=O) groups is 5. The summed E-state index contributed by atoms with van der Waals surface area (Å²) in [6.07, 6.45) is 2.19. The fourth-order valence-electron chi connectivity index (χ4n) is 9.91. The van der Waals surface area contributed by atoms with Gasteiger partial charge >= 0.3 is 0 Å². The van der Waals surface area contributed by atoms with Crippen LogP contribution in [0.3, 0.4) is 0 Å². The lowest BCUT2D eigenvalue weighted by molar-refractivity contribution is -0.138. The van der Waals surface area contributed by atoms with E-state index < -0.39 is 52.7 Å². The summed E-state index contributed by atoms with van der Waals surface area (Å²) in [6.45, 7) is 0. The molecule has 3 fully saturated rings. The molecule has 6 unspecified atom stereocenters. The number of fused-ring (bicyclic) bond motifs is 4. The molecule has 2 aliphatic heterocycles. The standard InChI is InChI=1S/C47H36Cl2IN3O8/c1-60-30-15-10-27(11-16-30)47-34(44(57)53(46(47)59)51-37-19-12-28(48)22-35(37)49)23-33-31(40(47)26-20-36(50)42(55)38(21-26)61-2)17-18-32-39(33)45(58)52(43(32)56)29-13-8-25(9-14-29)41(54)24-6-4-3-5-7-24/h3-17,19-22,32-34,39-40,51,55H,18,23H2,1-2H3. The number of allylic oxidation sites excluding steroid dienone is 2. The van der Waals surface area contributed by atoms with Crippen molar-refractivity contribution in [1.82, 2.24) is 5.01 Å². The maximum atomic E-state index is 15.6. The number of anilines is 2. The molecule has 0 bridgehead atoms. The Kier molecular flexibility index (Phi) is 10.4. The number of phenolic OH excluding ortho intramolecular Hbond substituents is 1. The van der Waals surface area contributed by atoms with E-state index in [0.717, 1.165) is 10.6 Å². The van der Waals surface area contributed by atoms with Crippen molar-refractivity contribution in [1.29, 1.82) is 0 Å². The van der Waals surface area contributed by atoms with Crippen LogP contribution >= 0.6 is 45.8 Å². The minimum absolute atomic E-state index is 0.0519. The molecule has 0 spiro atoms. The average molecular weight is 969 g/mol. The number of ether oxygens (including phenoxy) is 2. The normalized spacial score (nSPS) is 24.2. The van der Waals surface area contributed by atoms with Crippen LogP contribution in [0.15, 0.2) is 121 Å². The number of hydrazine groups is 1. The molecule has 308 valence electrons. The molecule has 4 amide bonds. The van der Waals surface area contributed by atoms with Gasteiger partial charge in [0.15, 0.2) is 17.3 Å². The number of hydrogen-bond donors (Lipinski definition) is 2. The van der Waals surface area contributed by atoms with E-state index in [9.17, 15) is 19.5 Å². The third-order valence-corrected chi connectivity index (χ3v) is 14.0. The number of hydrogen-bond acceptors (Lipinski definition) is 9. The molecule has 5 aromatic rings. The highest BCUT2D eigenvalue weighted by atomic mass is 127. The molecule has 1 saturated carbocycles. The third kappa shape index (κ3) is 6.40. The van der Waals surface area contributed by atoms with Gasteiger partial charge in [-0.15, -0.1) is 0 Å². The van der Waals surface area contributed by atoms with Crippen molar-refractivity contribution in [3.05, 3.63) is 157 Å². The quantitative estimate of drug-likeness (QED) is 0.0642. The van der Waals surface area contributed by atoms with Crippen LogP contribution in [0.25, 0.3) is 0 Å². The Bertz CT molecular complexity index is 2690. The molecule has 5 aromatic carbocycles. The highest BCUT2D eigenvalue weighted by molar-refractivity contribution is 14.1. The van der Waals surface area contributed by atoms with Crippen molar-refractivity contribution < 1.29 is 38.6 Å². The van der Waals surface area contributed by atoms with Gasteiger partial charge in [-0.05, 0) is 119 Å². The number of ketones is 1.